The molecule has 4 heterocycles. The number of carbonyl (C=O) groups is 1. The summed E-state index contributed by atoms with van der Waals surface area (Å²) < 4.78 is 0. The minimum atomic E-state index is 0.0305. The molecule has 1 N–H and O–H groups in total. The van der Waals surface area contributed by atoms with Gasteiger partial charge in [-0.3, -0.25) is 20.0 Å². The molecule has 27 heavy (non-hydrogen) atoms. The first-order valence-corrected chi connectivity index (χ1v) is 9.33. The molecule has 0 bridgehead atoms. The second-order valence-corrected chi connectivity index (χ2v) is 7.17. The second kappa shape index (κ2) is 7.21. The van der Waals surface area contributed by atoms with E-state index in [9.17, 15) is 4.79 Å². The Bertz CT molecular complexity index is 883. The van der Waals surface area contributed by atoms with Gasteiger partial charge in [-0.1, -0.05) is 18.2 Å². The summed E-state index contributed by atoms with van der Waals surface area (Å²) in [4.78, 5) is 25.6. The van der Waals surface area contributed by atoms with Crippen molar-refractivity contribution in [3.63, 3.8) is 0 Å². The summed E-state index contributed by atoms with van der Waals surface area (Å²) in [6.45, 7) is 6.13. The van der Waals surface area contributed by atoms with Gasteiger partial charge < -0.3 is 4.90 Å². The summed E-state index contributed by atoms with van der Waals surface area (Å²) >= 11 is 0. The van der Waals surface area contributed by atoms with Crippen molar-refractivity contribution in [2.75, 3.05) is 20.1 Å². The van der Waals surface area contributed by atoms with Crippen LogP contribution >= 0.6 is 0 Å². The molecule has 4 rings (SSSR count). The van der Waals surface area contributed by atoms with Gasteiger partial charge in [0.15, 0.2) is 5.84 Å². The summed E-state index contributed by atoms with van der Waals surface area (Å²) in [5, 5.41) is 3.52. The average Bonchev–Trinajstić information content (AvgIpc) is 3.08. The van der Waals surface area contributed by atoms with Gasteiger partial charge in [-0.05, 0) is 32.5 Å². The van der Waals surface area contributed by atoms with Crippen LogP contribution in [0, 0.1) is 13.1 Å². The molecule has 6 heteroatoms. The van der Waals surface area contributed by atoms with Crippen LogP contribution in [-0.4, -0.2) is 52.6 Å². The predicted octanol–water partition coefficient (Wildman–Crippen LogP) is 2.21. The van der Waals surface area contributed by atoms with Crippen LogP contribution in [0.4, 0.5) is 0 Å². The van der Waals surface area contributed by atoms with Gasteiger partial charge in [-0.2, -0.15) is 0 Å². The molecular weight excluding hydrogens is 338 g/mol. The third kappa shape index (κ3) is 3.15. The molecule has 0 amide bonds. The number of carbonyl (C=O) groups excluding carboxylic acids is 1. The van der Waals surface area contributed by atoms with E-state index in [2.05, 4.69) is 53.4 Å². The van der Waals surface area contributed by atoms with Crippen molar-refractivity contribution in [1.82, 2.24) is 20.1 Å². The molecule has 2 unspecified atom stereocenters. The highest BCUT2D eigenvalue weighted by molar-refractivity contribution is 6.41. The number of nitrogens with zero attached hydrogens (tertiary/aromatic N) is 4. The molecular formula is C21H24N5O. The Morgan fingerprint density at radius 3 is 2.96 bits per heavy atom. The lowest BCUT2D eigenvalue weighted by atomic mass is 9.97. The minimum absolute atomic E-state index is 0.0305. The Morgan fingerprint density at radius 1 is 1.37 bits per heavy atom. The average molecular weight is 362 g/mol. The van der Waals surface area contributed by atoms with Crippen LogP contribution in [0.25, 0.3) is 5.70 Å². The van der Waals surface area contributed by atoms with E-state index in [0.717, 1.165) is 35.5 Å². The predicted molar refractivity (Wildman–Crippen MR) is 106 cm³/mol. The molecule has 0 aliphatic carbocycles. The fourth-order valence-electron chi connectivity index (χ4n) is 3.87. The first-order chi connectivity index (χ1) is 13.1. The normalized spacial score (nSPS) is 25.7. The van der Waals surface area contributed by atoms with Gasteiger partial charge in [-0.25, -0.2) is 4.99 Å². The summed E-state index contributed by atoms with van der Waals surface area (Å²) in [6, 6.07) is 0.0305. The Labute approximate surface area is 160 Å². The number of nitrogens with one attached hydrogen (secondary N) is 1. The topological polar surface area (TPSA) is 60.8 Å². The van der Waals surface area contributed by atoms with Crippen molar-refractivity contribution in [1.29, 1.82) is 0 Å². The molecule has 0 spiro atoms. The van der Waals surface area contributed by atoms with Gasteiger partial charge in [0.2, 0.25) is 5.78 Å². The molecule has 1 aromatic heterocycles. The molecule has 139 valence electrons. The van der Waals surface area contributed by atoms with E-state index < -0.39 is 0 Å². The van der Waals surface area contributed by atoms with Crippen LogP contribution in [-0.2, 0) is 4.79 Å². The largest absolute Gasteiger partial charge is 0.316 e. The SMILES string of the molecule is Cc1c(C2=CC=CC(C)N2C2=NC=CCC2=O)[c]ncc1C1NCCN1C. The van der Waals surface area contributed by atoms with E-state index in [4.69, 9.17) is 0 Å². The Morgan fingerprint density at radius 2 is 2.22 bits per heavy atom. The van der Waals surface area contributed by atoms with Gasteiger partial charge in [0, 0.05) is 43.0 Å². The fourth-order valence-corrected chi connectivity index (χ4v) is 3.87. The van der Waals surface area contributed by atoms with E-state index in [-0.39, 0.29) is 18.0 Å². The van der Waals surface area contributed by atoms with Crippen LogP contribution < -0.4 is 5.32 Å². The highest BCUT2D eigenvalue weighted by Crippen LogP contribution is 2.32. The maximum Gasteiger partial charge on any atom is 0.202 e. The molecule has 1 fully saturated rings. The lowest BCUT2D eigenvalue weighted by Gasteiger charge is -2.35. The zero-order valence-corrected chi connectivity index (χ0v) is 15.9. The molecule has 0 saturated carbocycles. The van der Waals surface area contributed by atoms with Crippen LogP contribution in [0.15, 0.2) is 41.7 Å². The second-order valence-electron chi connectivity index (χ2n) is 7.17. The monoisotopic (exact) mass is 362 g/mol. The molecule has 6 nitrogen and oxygen atoms in total. The third-order valence-electron chi connectivity index (χ3n) is 5.38. The van der Waals surface area contributed by atoms with Gasteiger partial charge in [0.05, 0.1) is 24.1 Å². The highest BCUT2D eigenvalue weighted by Gasteiger charge is 2.31. The van der Waals surface area contributed by atoms with Crippen LogP contribution in [0.5, 0.6) is 0 Å². The van der Waals surface area contributed by atoms with Crippen molar-refractivity contribution < 1.29 is 4.79 Å². The number of Topliss-reactive ketones (excluding diaryl/α,β-unsaturated/α-hetero) is 1. The summed E-state index contributed by atoms with van der Waals surface area (Å²) in [7, 11) is 2.11. The number of ketones is 1. The van der Waals surface area contributed by atoms with Gasteiger partial charge in [0.1, 0.15) is 0 Å². The number of aliphatic imine (C=N–C) groups is 1. The molecule has 0 aromatic carbocycles. The van der Waals surface area contributed by atoms with Crippen molar-refractivity contribution >= 4 is 17.3 Å². The van der Waals surface area contributed by atoms with Crippen LogP contribution in [0.3, 0.4) is 0 Å². The van der Waals surface area contributed by atoms with Gasteiger partial charge in [0.25, 0.3) is 0 Å². The van der Waals surface area contributed by atoms with Crippen LogP contribution in [0.1, 0.15) is 36.2 Å². The van der Waals surface area contributed by atoms with E-state index in [0.29, 0.717) is 12.3 Å². The smallest absolute Gasteiger partial charge is 0.202 e. The summed E-state index contributed by atoms with van der Waals surface area (Å²) in [5.41, 5.74) is 4.09. The first-order valence-electron chi connectivity index (χ1n) is 9.33. The molecule has 2 atom stereocenters. The maximum atomic E-state index is 12.5. The number of pyridine rings is 1. The number of rotatable bonds is 2. The Kier molecular flexibility index (Phi) is 4.76. The first kappa shape index (κ1) is 17.8. The van der Waals surface area contributed by atoms with Crippen LogP contribution in [0.2, 0.25) is 0 Å². The van der Waals surface area contributed by atoms with Crippen molar-refractivity contribution in [2.24, 2.45) is 4.99 Å². The lowest BCUT2D eigenvalue weighted by Crippen LogP contribution is -2.42. The minimum Gasteiger partial charge on any atom is -0.316 e. The molecule has 1 saturated heterocycles. The molecule has 3 aliphatic rings. The number of amidine groups is 1. The van der Waals surface area contributed by atoms with Gasteiger partial charge in [-0.15, -0.1) is 0 Å². The van der Waals surface area contributed by atoms with Crippen molar-refractivity contribution in [2.45, 2.75) is 32.5 Å². The summed E-state index contributed by atoms with van der Waals surface area (Å²) in [5.74, 6) is 0.513. The molecule has 1 aromatic rings. The van der Waals surface area contributed by atoms with Crippen molar-refractivity contribution in [3.05, 3.63) is 59.6 Å². The van der Waals surface area contributed by atoms with Gasteiger partial charge >= 0.3 is 0 Å². The van der Waals surface area contributed by atoms with Crippen molar-refractivity contribution in [3.8, 4) is 0 Å². The highest BCUT2D eigenvalue weighted by atomic mass is 16.1. The Hall–Kier alpha value is -2.57. The maximum absolute atomic E-state index is 12.5. The zero-order valence-electron chi connectivity index (χ0n) is 15.9. The fraction of sp³-hybridized carbons (Fsp3) is 0.381. The van der Waals surface area contributed by atoms with E-state index >= 15 is 0 Å². The van der Waals surface area contributed by atoms with E-state index in [1.165, 1.54) is 0 Å². The standard InChI is InChI=1S/C21H24N5O/c1-14-6-4-7-18(26(14)21-19(27)8-5-9-23-21)16-12-22-13-17(15(16)2)20-24-10-11-25(20)3/h4-7,9,13-14,20,24H,8,10-11H2,1-3H3. The summed E-state index contributed by atoms with van der Waals surface area (Å²) in [6.07, 6.45) is 15.2. The molecule has 1 radical (unpaired) electrons. The Balaban J connectivity index is 1.78. The third-order valence-corrected chi connectivity index (χ3v) is 5.38. The quantitative estimate of drug-likeness (QED) is 0.874. The number of likely N-dealkylation sites (N-methyl/N-ethyl adjacent to an activating group) is 1. The lowest BCUT2D eigenvalue weighted by molar-refractivity contribution is -0.112. The number of hydrogen-bond donors (Lipinski definition) is 1. The van der Waals surface area contributed by atoms with E-state index in [1.54, 1.807) is 12.3 Å². The zero-order chi connectivity index (χ0) is 19.0. The molecule has 3 aliphatic heterocycles. The number of hydrogen-bond acceptors (Lipinski definition) is 6. The van der Waals surface area contributed by atoms with E-state index in [1.807, 2.05) is 23.2 Å². The number of allylic oxidation sites excluding steroid dienone is 3. The number of aromatic nitrogens is 1.